The molecule has 0 fully saturated rings. The number of hydrogen-bond donors (Lipinski definition) is 1. The average Bonchev–Trinajstić information content (AvgIpc) is 2.97. The summed E-state index contributed by atoms with van der Waals surface area (Å²) in [6.07, 6.45) is 0. The summed E-state index contributed by atoms with van der Waals surface area (Å²) >= 11 is 0. The topological polar surface area (TPSA) is 64.6 Å². The maximum Gasteiger partial charge on any atom is 0.201 e. The predicted octanol–water partition coefficient (Wildman–Crippen LogP) is 4.09. The molecule has 3 aromatic carbocycles. The first-order valence-electron chi connectivity index (χ1n) is 8.85. The molecule has 1 aliphatic carbocycles. The molecule has 0 spiro atoms. The third-order valence-corrected chi connectivity index (χ3v) is 5.04. The highest BCUT2D eigenvalue weighted by Gasteiger charge is 2.54. The fourth-order valence-electron chi connectivity index (χ4n) is 3.57. The van der Waals surface area contributed by atoms with Crippen molar-refractivity contribution in [2.75, 3.05) is 19.5 Å². The molecule has 4 rings (SSSR count). The zero-order valence-electron chi connectivity index (χ0n) is 15.6. The highest BCUT2D eigenvalue weighted by Crippen LogP contribution is 2.41. The van der Waals surface area contributed by atoms with Crippen LogP contribution in [0, 0.1) is 0 Å². The van der Waals surface area contributed by atoms with E-state index < -0.39 is 5.54 Å². The fraction of sp³-hybridized carbons (Fsp3) is 0.130. The first-order valence-corrected chi connectivity index (χ1v) is 8.85. The minimum absolute atomic E-state index is 0.269. The maximum atomic E-state index is 13.5. The van der Waals surface area contributed by atoms with Gasteiger partial charge in [0, 0.05) is 16.8 Å². The number of ketones is 2. The molecule has 0 bridgehead atoms. The summed E-state index contributed by atoms with van der Waals surface area (Å²) in [5.41, 5.74) is 0.528. The molecule has 0 heterocycles. The summed E-state index contributed by atoms with van der Waals surface area (Å²) in [7, 11) is 3.16. The number of Topliss-reactive ketones (excluding diaryl/α,β-unsaturated/α-hetero) is 2. The van der Waals surface area contributed by atoms with Crippen molar-refractivity contribution in [2.24, 2.45) is 0 Å². The Bertz CT molecular complexity index is 1000. The highest BCUT2D eigenvalue weighted by atomic mass is 16.5. The van der Waals surface area contributed by atoms with Crippen LogP contribution >= 0.6 is 0 Å². The average molecular weight is 373 g/mol. The van der Waals surface area contributed by atoms with Gasteiger partial charge in [0.1, 0.15) is 11.5 Å². The van der Waals surface area contributed by atoms with Crippen LogP contribution in [0.1, 0.15) is 26.3 Å². The van der Waals surface area contributed by atoms with Gasteiger partial charge in [0.25, 0.3) is 0 Å². The van der Waals surface area contributed by atoms with Crippen molar-refractivity contribution >= 4 is 17.3 Å². The molecule has 140 valence electrons. The van der Waals surface area contributed by atoms with E-state index in [1.165, 1.54) is 0 Å². The number of ether oxygens (including phenoxy) is 2. The van der Waals surface area contributed by atoms with E-state index in [0.29, 0.717) is 33.9 Å². The molecule has 0 saturated heterocycles. The van der Waals surface area contributed by atoms with E-state index in [1.807, 2.05) is 0 Å². The number of rotatable bonds is 5. The van der Waals surface area contributed by atoms with Crippen molar-refractivity contribution in [1.29, 1.82) is 0 Å². The number of nitrogens with one attached hydrogen (secondary N) is 1. The number of carbonyl (C=O) groups is 2. The zero-order chi connectivity index (χ0) is 19.7. The number of benzene rings is 3. The number of anilines is 1. The van der Waals surface area contributed by atoms with E-state index in [4.69, 9.17) is 9.47 Å². The molecule has 5 heteroatoms. The van der Waals surface area contributed by atoms with Crippen molar-refractivity contribution in [3.05, 3.63) is 89.5 Å². The van der Waals surface area contributed by atoms with Gasteiger partial charge >= 0.3 is 0 Å². The molecular formula is C23H19NO4. The van der Waals surface area contributed by atoms with Gasteiger partial charge in [0.15, 0.2) is 5.54 Å². The van der Waals surface area contributed by atoms with E-state index in [-0.39, 0.29) is 11.6 Å². The largest absolute Gasteiger partial charge is 0.497 e. The second-order valence-corrected chi connectivity index (χ2v) is 6.54. The van der Waals surface area contributed by atoms with Gasteiger partial charge in [-0.15, -0.1) is 0 Å². The zero-order valence-corrected chi connectivity index (χ0v) is 15.6. The van der Waals surface area contributed by atoms with E-state index >= 15 is 0 Å². The second kappa shape index (κ2) is 6.85. The summed E-state index contributed by atoms with van der Waals surface area (Å²) < 4.78 is 10.4. The third kappa shape index (κ3) is 2.63. The maximum absolute atomic E-state index is 13.5. The van der Waals surface area contributed by atoms with E-state index in [2.05, 4.69) is 5.32 Å². The van der Waals surface area contributed by atoms with Crippen LogP contribution < -0.4 is 14.8 Å². The number of hydrogen-bond acceptors (Lipinski definition) is 5. The molecule has 28 heavy (non-hydrogen) atoms. The Morgan fingerprint density at radius 2 is 1.14 bits per heavy atom. The van der Waals surface area contributed by atoms with Crippen molar-refractivity contribution in [2.45, 2.75) is 5.54 Å². The van der Waals surface area contributed by atoms with Crippen molar-refractivity contribution in [3.8, 4) is 11.5 Å². The van der Waals surface area contributed by atoms with Gasteiger partial charge in [-0.3, -0.25) is 9.59 Å². The Morgan fingerprint density at radius 3 is 1.61 bits per heavy atom. The van der Waals surface area contributed by atoms with Crippen LogP contribution in [-0.4, -0.2) is 25.8 Å². The van der Waals surface area contributed by atoms with Gasteiger partial charge in [-0.25, -0.2) is 0 Å². The summed E-state index contributed by atoms with van der Waals surface area (Å²) in [6.45, 7) is 0. The summed E-state index contributed by atoms with van der Waals surface area (Å²) in [6, 6.07) is 21.0. The Kier molecular flexibility index (Phi) is 4.35. The van der Waals surface area contributed by atoms with Crippen LogP contribution in [0.25, 0.3) is 0 Å². The van der Waals surface area contributed by atoms with E-state index in [0.717, 1.165) is 0 Å². The molecule has 1 N–H and O–H groups in total. The first-order chi connectivity index (χ1) is 13.6. The Labute approximate surface area is 162 Å². The lowest BCUT2D eigenvalue weighted by atomic mass is 9.84. The molecule has 0 radical (unpaired) electrons. The Balaban J connectivity index is 1.86. The van der Waals surface area contributed by atoms with Gasteiger partial charge in [-0.2, -0.15) is 0 Å². The van der Waals surface area contributed by atoms with Crippen LogP contribution in [-0.2, 0) is 5.54 Å². The van der Waals surface area contributed by atoms with Crippen LogP contribution in [0.3, 0.4) is 0 Å². The van der Waals surface area contributed by atoms with Crippen LogP contribution in [0.2, 0.25) is 0 Å². The summed E-state index contributed by atoms with van der Waals surface area (Å²) in [5, 5.41) is 3.21. The molecule has 0 atom stereocenters. The quantitative estimate of drug-likeness (QED) is 0.683. The van der Waals surface area contributed by atoms with Crippen LogP contribution in [0.15, 0.2) is 72.8 Å². The van der Waals surface area contributed by atoms with Gasteiger partial charge in [0.05, 0.1) is 14.2 Å². The van der Waals surface area contributed by atoms with E-state index in [9.17, 15) is 9.59 Å². The molecule has 5 nitrogen and oxygen atoms in total. The second-order valence-electron chi connectivity index (χ2n) is 6.54. The standard InChI is InChI=1S/C23H19NO4/c1-27-17-11-7-15(8-12-17)23(24-16-9-13-18(28-2)14-10-16)21(25)19-5-3-4-6-20(19)22(23)26/h3-14,24H,1-2H3. The molecular weight excluding hydrogens is 354 g/mol. The molecule has 3 aromatic rings. The Morgan fingerprint density at radius 1 is 0.679 bits per heavy atom. The smallest absolute Gasteiger partial charge is 0.201 e. The fourth-order valence-corrected chi connectivity index (χ4v) is 3.57. The normalized spacial score (nSPS) is 14.5. The number of methoxy groups -OCH3 is 2. The van der Waals surface area contributed by atoms with Crippen molar-refractivity contribution < 1.29 is 19.1 Å². The van der Waals surface area contributed by atoms with Crippen LogP contribution in [0.5, 0.6) is 11.5 Å². The molecule has 0 aliphatic heterocycles. The van der Waals surface area contributed by atoms with Gasteiger partial charge < -0.3 is 14.8 Å². The predicted molar refractivity (Wildman–Crippen MR) is 106 cm³/mol. The highest BCUT2D eigenvalue weighted by molar-refractivity contribution is 6.34. The lowest BCUT2D eigenvalue weighted by molar-refractivity contribution is 0.0818. The monoisotopic (exact) mass is 373 g/mol. The minimum Gasteiger partial charge on any atom is -0.497 e. The molecule has 0 amide bonds. The third-order valence-electron chi connectivity index (χ3n) is 5.04. The number of fused-ring (bicyclic) bond motifs is 1. The summed E-state index contributed by atoms with van der Waals surface area (Å²) in [4.78, 5) is 26.9. The van der Waals surface area contributed by atoms with Crippen molar-refractivity contribution in [1.82, 2.24) is 0 Å². The summed E-state index contributed by atoms with van der Waals surface area (Å²) in [5.74, 6) is 0.804. The van der Waals surface area contributed by atoms with Gasteiger partial charge in [0.2, 0.25) is 11.6 Å². The molecule has 0 aromatic heterocycles. The first kappa shape index (κ1) is 17.8. The Hall–Kier alpha value is -3.60. The minimum atomic E-state index is -1.52. The van der Waals surface area contributed by atoms with Crippen molar-refractivity contribution in [3.63, 3.8) is 0 Å². The van der Waals surface area contributed by atoms with Gasteiger partial charge in [-0.05, 0) is 42.0 Å². The molecule has 0 unspecified atom stereocenters. The lowest BCUT2D eigenvalue weighted by Gasteiger charge is -2.29. The molecule has 0 saturated carbocycles. The van der Waals surface area contributed by atoms with E-state index in [1.54, 1.807) is 87.0 Å². The van der Waals surface area contributed by atoms with Gasteiger partial charge in [-0.1, -0.05) is 36.4 Å². The molecule has 1 aliphatic rings. The lowest BCUT2D eigenvalue weighted by Crippen LogP contribution is -2.46. The SMILES string of the molecule is COc1ccc(NC2(c3ccc(OC)cc3)C(=O)c3ccccc3C2=O)cc1. The number of carbonyl (C=O) groups excluding carboxylic acids is 2. The van der Waals surface area contributed by atoms with Crippen LogP contribution in [0.4, 0.5) is 5.69 Å².